The van der Waals surface area contributed by atoms with Crippen molar-refractivity contribution in [2.75, 3.05) is 0 Å². The Bertz CT molecular complexity index is 337. The van der Waals surface area contributed by atoms with E-state index in [4.69, 9.17) is 5.73 Å². The Morgan fingerprint density at radius 2 is 2.27 bits per heavy atom. The average molecular weight is 210 g/mol. The molecule has 0 aromatic carbocycles. The maximum atomic E-state index is 10.8. The standard InChI is InChI=1S/C10H18N4O/c1-10(2,3)13-6-9-12-4-5-14(9)7-8(11)15/h4-5,13H,6-7H2,1-3H3,(H2,11,15). The first-order chi connectivity index (χ1) is 6.88. The van der Waals surface area contributed by atoms with Gasteiger partial charge in [-0.2, -0.15) is 0 Å². The second-order valence-electron chi connectivity index (χ2n) is 4.54. The molecule has 0 saturated carbocycles. The van der Waals surface area contributed by atoms with E-state index < -0.39 is 0 Å². The highest BCUT2D eigenvalue weighted by molar-refractivity contribution is 5.73. The molecule has 1 amide bonds. The van der Waals surface area contributed by atoms with Crippen LogP contribution in [0.2, 0.25) is 0 Å². The molecular weight excluding hydrogens is 192 g/mol. The van der Waals surface area contributed by atoms with E-state index in [0.29, 0.717) is 6.54 Å². The maximum Gasteiger partial charge on any atom is 0.237 e. The zero-order valence-electron chi connectivity index (χ0n) is 9.45. The van der Waals surface area contributed by atoms with E-state index in [9.17, 15) is 4.79 Å². The molecule has 0 fully saturated rings. The smallest absolute Gasteiger partial charge is 0.237 e. The molecule has 0 atom stereocenters. The first-order valence-corrected chi connectivity index (χ1v) is 4.92. The van der Waals surface area contributed by atoms with Crippen LogP contribution in [-0.2, 0) is 17.9 Å². The summed E-state index contributed by atoms with van der Waals surface area (Å²) in [6, 6.07) is 0. The molecule has 84 valence electrons. The van der Waals surface area contributed by atoms with Gasteiger partial charge in [0.05, 0.1) is 6.54 Å². The summed E-state index contributed by atoms with van der Waals surface area (Å²) in [5.41, 5.74) is 5.16. The van der Waals surface area contributed by atoms with Gasteiger partial charge in [-0.25, -0.2) is 4.98 Å². The minimum atomic E-state index is -0.356. The number of aromatic nitrogens is 2. The topological polar surface area (TPSA) is 72.9 Å². The van der Waals surface area contributed by atoms with Gasteiger partial charge in [0.15, 0.2) is 0 Å². The lowest BCUT2D eigenvalue weighted by Gasteiger charge is -2.20. The molecular formula is C10H18N4O. The van der Waals surface area contributed by atoms with Crippen LogP contribution in [0.15, 0.2) is 12.4 Å². The van der Waals surface area contributed by atoms with Gasteiger partial charge in [0.2, 0.25) is 5.91 Å². The second-order valence-corrected chi connectivity index (χ2v) is 4.54. The summed E-state index contributed by atoms with van der Waals surface area (Å²) in [6.07, 6.45) is 3.42. The van der Waals surface area contributed by atoms with Crippen LogP contribution in [0, 0.1) is 0 Å². The van der Waals surface area contributed by atoms with Gasteiger partial charge in [0, 0.05) is 17.9 Å². The Kier molecular flexibility index (Phi) is 3.47. The monoisotopic (exact) mass is 210 g/mol. The van der Waals surface area contributed by atoms with Crippen LogP contribution in [0.5, 0.6) is 0 Å². The van der Waals surface area contributed by atoms with Gasteiger partial charge in [-0.05, 0) is 20.8 Å². The molecule has 15 heavy (non-hydrogen) atoms. The minimum Gasteiger partial charge on any atom is -0.368 e. The molecule has 0 radical (unpaired) electrons. The summed E-state index contributed by atoms with van der Waals surface area (Å²) >= 11 is 0. The second kappa shape index (κ2) is 4.44. The zero-order valence-corrected chi connectivity index (χ0v) is 9.45. The van der Waals surface area contributed by atoms with Gasteiger partial charge >= 0.3 is 0 Å². The van der Waals surface area contributed by atoms with E-state index in [0.717, 1.165) is 5.82 Å². The Morgan fingerprint density at radius 1 is 1.60 bits per heavy atom. The lowest BCUT2D eigenvalue weighted by atomic mass is 10.1. The molecule has 1 aromatic heterocycles. The number of hydrogen-bond donors (Lipinski definition) is 2. The molecule has 1 aromatic rings. The molecule has 5 nitrogen and oxygen atoms in total. The first kappa shape index (κ1) is 11.7. The molecule has 0 aliphatic rings. The fourth-order valence-electron chi connectivity index (χ4n) is 1.16. The summed E-state index contributed by atoms with van der Waals surface area (Å²) in [7, 11) is 0. The average Bonchev–Trinajstić information content (AvgIpc) is 2.46. The predicted octanol–water partition coefficient (Wildman–Crippen LogP) is 0.256. The number of nitrogens with two attached hydrogens (primary N) is 1. The van der Waals surface area contributed by atoms with Crippen molar-refractivity contribution in [1.82, 2.24) is 14.9 Å². The van der Waals surface area contributed by atoms with E-state index in [-0.39, 0.29) is 18.0 Å². The number of hydrogen-bond acceptors (Lipinski definition) is 3. The first-order valence-electron chi connectivity index (χ1n) is 4.92. The SMILES string of the molecule is CC(C)(C)NCc1nccn1CC(N)=O. The summed E-state index contributed by atoms with van der Waals surface area (Å²) in [5.74, 6) is 0.466. The van der Waals surface area contributed by atoms with Crippen LogP contribution in [0.1, 0.15) is 26.6 Å². The Balaban J connectivity index is 2.61. The third-order valence-corrected chi connectivity index (χ3v) is 1.90. The van der Waals surface area contributed by atoms with E-state index in [2.05, 4.69) is 31.1 Å². The summed E-state index contributed by atoms with van der Waals surface area (Å²) < 4.78 is 1.75. The largest absolute Gasteiger partial charge is 0.368 e. The maximum absolute atomic E-state index is 10.8. The summed E-state index contributed by atoms with van der Waals surface area (Å²) in [6.45, 7) is 7.04. The lowest BCUT2D eigenvalue weighted by molar-refractivity contribution is -0.118. The molecule has 0 bridgehead atoms. The van der Waals surface area contributed by atoms with Crippen LogP contribution >= 0.6 is 0 Å². The number of carbonyl (C=O) groups is 1. The third kappa shape index (κ3) is 4.12. The molecule has 5 heteroatoms. The molecule has 0 unspecified atom stereocenters. The zero-order chi connectivity index (χ0) is 11.5. The van der Waals surface area contributed by atoms with Crippen molar-refractivity contribution in [2.24, 2.45) is 5.73 Å². The predicted molar refractivity (Wildman–Crippen MR) is 58.0 cm³/mol. The van der Waals surface area contributed by atoms with Gasteiger partial charge in [-0.3, -0.25) is 4.79 Å². The molecule has 1 heterocycles. The summed E-state index contributed by atoms with van der Waals surface area (Å²) in [5, 5.41) is 3.30. The Hall–Kier alpha value is -1.36. The van der Waals surface area contributed by atoms with Crippen molar-refractivity contribution in [2.45, 2.75) is 39.4 Å². The Labute approximate surface area is 89.7 Å². The Morgan fingerprint density at radius 3 is 2.80 bits per heavy atom. The van der Waals surface area contributed by atoms with Gasteiger partial charge in [-0.15, -0.1) is 0 Å². The number of carbonyl (C=O) groups excluding carboxylic acids is 1. The van der Waals surface area contributed by atoms with Crippen LogP contribution in [0.25, 0.3) is 0 Å². The van der Waals surface area contributed by atoms with Crippen LogP contribution in [-0.4, -0.2) is 21.0 Å². The van der Waals surface area contributed by atoms with Crippen molar-refractivity contribution < 1.29 is 4.79 Å². The molecule has 0 aliphatic heterocycles. The van der Waals surface area contributed by atoms with Crippen LogP contribution in [0.4, 0.5) is 0 Å². The van der Waals surface area contributed by atoms with Crippen molar-refractivity contribution in [3.05, 3.63) is 18.2 Å². The summed E-state index contributed by atoms with van der Waals surface area (Å²) in [4.78, 5) is 14.9. The highest BCUT2D eigenvalue weighted by Crippen LogP contribution is 2.03. The fourth-order valence-corrected chi connectivity index (χ4v) is 1.16. The van der Waals surface area contributed by atoms with Crippen molar-refractivity contribution in [3.8, 4) is 0 Å². The molecule has 0 saturated heterocycles. The van der Waals surface area contributed by atoms with Gasteiger partial charge in [-0.1, -0.05) is 0 Å². The van der Waals surface area contributed by atoms with E-state index in [1.54, 1.807) is 17.0 Å². The third-order valence-electron chi connectivity index (χ3n) is 1.90. The number of primary amides is 1. The van der Waals surface area contributed by atoms with Gasteiger partial charge < -0.3 is 15.6 Å². The minimum absolute atomic E-state index is 0.0313. The number of nitrogens with one attached hydrogen (secondary N) is 1. The van der Waals surface area contributed by atoms with Gasteiger partial charge in [0.25, 0.3) is 0 Å². The van der Waals surface area contributed by atoms with Gasteiger partial charge in [0.1, 0.15) is 12.4 Å². The molecule has 1 rings (SSSR count). The van der Waals surface area contributed by atoms with E-state index in [1.807, 2.05) is 0 Å². The van der Waals surface area contributed by atoms with E-state index in [1.165, 1.54) is 0 Å². The molecule has 0 aliphatic carbocycles. The van der Waals surface area contributed by atoms with E-state index >= 15 is 0 Å². The van der Waals surface area contributed by atoms with Crippen LogP contribution in [0.3, 0.4) is 0 Å². The molecule has 3 N–H and O–H groups in total. The quantitative estimate of drug-likeness (QED) is 0.748. The van der Waals surface area contributed by atoms with Crippen molar-refractivity contribution in [3.63, 3.8) is 0 Å². The van der Waals surface area contributed by atoms with Crippen LogP contribution < -0.4 is 11.1 Å². The normalized spacial score (nSPS) is 11.7. The van der Waals surface area contributed by atoms with Crippen molar-refractivity contribution in [1.29, 1.82) is 0 Å². The number of amides is 1. The molecule has 0 spiro atoms. The highest BCUT2D eigenvalue weighted by Gasteiger charge is 2.11. The van der Waals surface area contributed by atoms with Crippen molar-refractivity contribution >= 4 is 5.91 Å². The number of rotatable bonds is 4. The lowest BCUT2D eigenvalue weighted by Crippen LogP contribution is -2.36. The number of nitrogens with zero attached hydrogens (tertiary/aromatic N) is 2. The number of imidazole rings is 1. The highest BCUT2D eigenvalue weighted by atomic mass is 16.1. The fraction of sp³-hybridized carbons (Fsp3) is 0.600.